The summed E-state index contributed by atoms with van der Waals surface area (Å²) in [5.41, 5.74) is 5.96. The van der Waals surface area contributed by atoms with Crippen LogP contribution in [0.5, 0.6) is 5.75 Å². The number of halogens is 1. The first kappa shape index (κ1) is 21.3. The molecule has 6 nitrogen and oxygen atoms in total. The number of para-hydroxylation sites is 1. The molecule has 7 heteroatoms. The van der Waals surface area contributed by atoms with E-state index in [1.54, 1.807) is 54.6 Å². The Hall–Kier alpha value is -4.44. The minimum absolute atomic E-state index is 0.134. The van der Waals surface area contributed by atoms with Gasteiger partial charge in [0.05, 0.1) is 5.56 Å². The summed E-state index contributed by atoms with van der Waals surface area (Å²) in [6.07, 6.45) is 1.42. The van der Waals surface area contributed by atoms with Crippen molar-refractivity contribution >= 4 is 17.9 Å². The number of rotatable bonds is 6. The third-order valence-electron chi connectivity index (χ3n) is 4.20. The molecule has 154 valence electrons. The third-order valence-corrected chi connectivity index (χ3v) is 4.20. The first-order chi connectivity index (χ1) is 15.1. The van der Waals surface area contributed by atoms with Crippen LogP contribution in [0.3, 0.4) is 0 Å². The quantitative estimate of drug-likeness (QED) is 0.364. The molecule has 3 aromatic rings. The maximum absolute atomic E-state index is 13.0. The molecule has 0 aliphatic carbocycles. The lowest BCUT2D eigenvalue weighted by Crippen LogP contribution is -2.42. The van der Waals surface area contributed by atoms with Crippen LogP contribution in [-0.2, 0) is 11.4 Å². The number of hydrogen-bond donors (Lipinski definition) is 2. The van der Waals surface area contributed by atoms with Gasteiger partial charge in [-0.3, -0.25) is 20.4 Å². The molecule has 3 rings (SSSR count). The van der Waals surface area contributed by atoms with E-state index in [0.29, 0.717) is 11.3 Å². The second-order valence-corrected chi connectivity index (χ2v) is 6.40. The van der Waals surface area contributed by atoms with E-state index in [1.807, 2.05) is 12.1 Å². The Morgan fingerprint density at radius 1 is 0.935 bits per heavy atom. The van der Waals surface area contributed by atoms with Gasteiger partial charge in [-0.05, 0) is 41.5 Å². The Morgan fingerprint density at radius 2 is 1.61 bits per heavy atom. The molecule has 0 saturated carbocycles. The summed E-state index contributed by atoms with van der Waals surface area (Å²) in [5, 5.41) is 9.24. The van der Waals surface area contributed by atoms with E-state index in [2.05, 4.69) is 10.9 Å². The Kier molecular flexibility index (Phi) is 7.12. The number of hydrogen-bond acceptors (Lipinski definition) is 4. The Labute approximate surface area is 178 Å². The standard InChI is InChI=1S/C24H18FN3O3/c25-20-12-10-18(11-13-20)16-31-22-9-5-4-8-21(22)24(30)28-27-23(29)19(15-26)14-17-6-2-1-3-7-17/h1-14H,16H2,(H,27,29)(H,28,30). The van der Waals surface area contributed by atoms with Gasteiger partial charge in [0.15, 0.2) is 0 Å². The number of benzene rings is 3. The average Bonchev–Trinajstić information content (AvgIpc) is 2.81. The molecule has 0 bridgehead atoms. The Bertz CT molecular complexity index is 1140. The normalized spacial score (nSPS) is 10.6. The third kappa shape index (κ3) is 6.02. The molecule has 0 heterocycles. The highest BCUT2D eigenvalue weighted by atomic mass is 19.1. The molecule has 0 aliphatic rings. The van der Waals surface area contributed by atoms with Gasteiger partial charge < -0.3 is 4.74 Å². The molecule has 31 heavy (non-hydrogen) atoms. The summed E-state index contributed by atoms with van der Waals surface area (Å²) in [7, 11) is 0. The number of nitriles is 1. The Balaban J connectivity index is 1.64. The minimum atomic E-state index is -0.746. The number of nitrogens with one attached hydrogen (secondary N) is 2. The summed E-state index contributed by atoms with van der Waals surface area (Å²) in [6.45, 7) is 0.134. The monoisotopic (exact) mass is 415 g/mol. The van der Waals surface area contributed by atoms with Crippen molar-refractivity contribution in [1.82, 2.24) is 10.9 Å². The van der Waals surface area contributed by atoms with E-state index in [9.17, 15) is 19.2 Å². The maximum atomic E-state index is 13.0. The van der Waals surface area contributed by atoms with Gasteiger partial charge in [0.25, 0.3) is 11.8 Å². The lowest BCUT2D eigenvalue weighted by atomic mass is 10.1. The van der Waals surface area contributed by atoms with Crippen molar-refractivity contribution < 1.29 is 18.7 Å². The molecular weight excluding hydrogens is 397 g/mol. The zero-order valence-corrected chi connectivity index (χ0v) is 16.3. The van der Waals surface area contributed by atoms with Crippen LogP contribution in [0.2, 0.25) is 0 Å². The van der Waals surface area contributed by atoms with Crippen LogP contribution in [0.1, 0.15) is 21.5 Å². The highest BCUT2D eigenvalue weighted by Gasteiger charge is 2.15. The number of hydrazine groups is 1. The summed E-state index contributed by atoms with van der Waals surface area (Å²) in [6, 6.07) is 23.0. The van der Waals surface area contributed by atoms with Crippen LogP contribution < -0.4 is 15.6 Å². The van der Waals surface area contributed by atoms with Gasteiger partial charge in [-0.1, -0.05) is 54.6 Å². The predicted molar refractivity (Wildman–Crippen MR) is 113 cm³/mol. The first-order valence-electron chi connectivity index (χ1n) is 9.30. The van der Waals surface area contributed by atoms with Crippen molar-refractivity contribution in [1.29, 1.82) is 5.26 Å². The van der Waals surface area contributed by atoms with Gasteiger partial charge in [-0.15, -0.1) is 0 Å². The van der Waals surface area contributed by atoms with Gasteiger partial charge in [0.2, 0.25) is 0 Å². The lowest BCUT2D eigenvalue weighted by Gasteiger charge is -2.12. The predicted octanol–water partition coefficient (Wildman–Crippen LogP) is 3.77. The molecule has 2 amide bonds. The second kappa shape index (κ2) is 10.4. The summed E-state index contributed by atoms with van der Waals surface area (Å²) in [4.78, 5) is 24.8. The molecule has 0 saturated heterocycles. The number of carbonyl (C=O) groups is 2. The number of carbonyl (C=O) groups excluding carboxylic acids is 2. The zero-order valence-electron chi connectivity index (χ0n) is 16.3. The van der Waals surface area contributed by atoms with Gasteiger partial charge >= 0.3 is 0 Å². The maximum Gasteiger partial charge on any atom is 0.280 e. The van der Waals surface area contributed by atoms with Gasteiger partial charge in [-0.25, -0.2) is 4.39 Å². The minimum Gasteiger partial charge on any atom is -0.488 e. The van der Waals surface area contributed by atoms with Crippen molar-refractivity contribution in [2.75, 3.05) is 0 Å². The molecule has 2 N–H and O–H groups in total. The van der Waals surface area contributed by atoms with Crippen LogP contribution in [0.25, 0.3) is 6.08 Å². The highest BCUT2D eigenvalue weighted by molar-refractivity contribution is 6.04. The molecule has 0 atom stereocenters. The van der Waals surface area contributed by atoms with E-state index in [1.165, 1.54) is 24.3 Å². The van der Waals surface area contributed by atoms with E-state index >= 15 is 0 Å². The van der Waals surface area contributed by atoms with Gasteiger partial charge in [-0.2, -0.15) is 5.26 Å². The first-order valence-corrected chi connectivity index (χ1v) is 9.30. The molecule has 0 spiro atoms. The van der Waals surface area contributed by atoms with Crippen molar-refractivity contribution in [2.45, 2.75) is 6.61 Å². The smallest absolute Gasteiger partial charge is 0.280 e. The van der Waals surface area contributed by atoms with Crippen LogP contribution in [0.15, 0.2) is 84.4 Å². The molecule has 0 radical (unpaired) electrons. The molecule has 0 aliphatic heterocycles. The van der Waals surface area contributed by atoms with Crippen LogP contribution in [0.4, 0.5) is 4.39 Å². The molecular formula is C24H18FN3O3. The van der Waals surface area contributed by atoms with Crippen LogP contribution in [0, 0.1) is 17.1 Å². The summed E-state index contributed by atoms with van der Waals surface area (Å²) < 4.78 is 18.7. The SMILES string of the molecule is N#CC(=Cc1ccccc1)C(=O)NNC(=O)c1ccccc1OCc1ccc(F)cc1. The fraction of sp³-hybridized carbons (Fsp3) is 0.0417. The van der Waals surface area contributed by atoms with E-state index in [0.717, 1.165) is 5.56 Å². The number of amides is 2. The van der Waals surface area contributed by atoms with Crippen molar-refractivity contribution in [2.24, 2.45) is 0 Å². The average molecular weight is 415 g/mol. The fourth-order valence-electron chi connectivity index (χ4n) is 2.63. The van der Waals surface area contributed by atoms with Gasteiger partial charge in [0, 0.05) is 0 Å². The number of nitrogens with zero attached hydrogens (tertiary/aromatic N) is 1. The summed E-state index contributed by atoms with van der Waals surface area (Å²) in [5.74, 6) is -1.42. The van der Waals surface area contributed by atoms with E-state index in [4.69, 9.17) is 4.74 Å². The highest BCUT2D eigenvalue weighted by Crippen LogP contribution is 2.19. The second-order valence-electron chi connectivity index (χ2n) is 6.40. The van der Waals surface area contributed by atoms with Crippen LogP contribution >= 0.6 is 0 Å². The largest absolute Gasteiger partial charge is 0.488 e. The Morgan fingerprint density at radius 3 is 2.32 bits per heavy atom. The number of ether oxygens (including phenoxy) is 1. The zero-order chi connectivity index (χ0) is 22.1. The summed E-state index contributed by atoms with van der Waals surface area (Å²) >= 11 is 0. The topological polar surface area (TPSA) is 91.2 Å². The fourth-order valence-corrected chi connectivity index (χ4v) is 2.63. The molecule has 0 fully saturated rings. The van der Waals surface area contributed by atoms with Gasteiger partial charge in [0.1, 0.15) is 29.8 Å². The van der Waals surface area contributed by atoms with Crippen molar-refractivity contribution in [3.05, 3.63) is 107 Å². The van der Waals surface area contributed by atoms with E-state index in [-0.39, 0.29) is 23.6 Å². The molecule has 0 unspecified atom stereocenters. The molecule has 3 aromatic carbocycles. The van der Waals surface area contributed by atoms with Crippen molar-refractivity contribution in [3.8, 4) is 11.8 Å². The van der Waals surface area contributed by atoms with Crippen molar-refractivity contribution in [3.63, 3.8) is 0 Å². The molecule has 0 aromatic heterocycles. The lowest BCUT2D eigenvalue weighted by molar-refractivity contribution is -0.117. The van der Waals surface area contributed by atoms with E-state index < -0.39 is 11.8 Å². The van der Waals surface area contributed by atoms with Crippen LogP contribution in [-0.4, -0.2) is 11.8 Å².